The molecular weight excluding hydrogens is 224 g/mol. The molecule has 0 bridgehead atoms. The highest BCUT2D eigenvalue weighted by Crippen LogP contribution is 2.16. The first-order valence-electron chi connectivity index (χ1n) is 6.82. The molecule has 1 aromatic carbocycles. The van der Waals surface area contributed by atoms with Gasteiger partial charge in [0.1, 0.15) is 5.75 Å². The van der Waals surface area contributed by atoms with Gasteiger partial charge >= 0.3 is 0 Å². The molecule has 0 saturated carbocycles. The van der Waals surface area contributed by atoms with E-state index in [1.54, 1.807) is 0 Å². The SMILES string of the molecule is CCOc1cccc(CC(NCCN)C(C)C)c1. The number of benzene rings is 1. The highest BCUT2D eigenvalue weighted by molar-refractivity contribution is 5.29. The van der Waals surface area contributed by atoms with Crippen LogP contribution in [-0.2, 0) is 6.42 Å². The lowest BCUT2D eigenvalue weighted by Crippen LogP contribution is -2.38. The molecule has 0 heterocycles. The molecule has 0 radical (unpaired) electrons. The summed E-state index contributed by atoms with van der Waals surface area (Å²) in [5.41, 5.74) is 6.86. The maximum absolute atomic E-state index is 5.55. The molecule has 102 valence electrons. The van der Waals surface area contributed by atoms with E-state index < -0.39 is 0 Å². The minimum Gasteiger partial charge on any atom is -0.494 e. The highest BCUT2D eigenvalue weighted by atomic mass is 16.5. The zero-order valence-electron chi connectivity index (χ0n) is 11.8. The number of hydrogen-bond acceptors (Lipinski definition) is 3. The molecule has 3 heteroatoms. The highest BCUT2D eigenvalue weighted by Gasteiger charge is 2.13. The quantitative estimate of drug-likeness (QED) is 0.743. The van der Waals surface area contributed by atoms with E-state index >= 15 is 0 Å². The Morgan fingerprint density at radius 3 is 2.72 bits per heavy atom. The number of nitrogens with one attached hydrogen (secondary N) is 1. The van der Waals surface area contributed by atoms with Crippen LogP contribution in [0.2, 0.25) is 0 Å². The van der Waals surface area contributed by atoms with E-state index in [0.29, 0.717) is 25.1 Å². The summed E-state index contributed by atoms with van der Waals surface area (Å²) in [6, 6.07) is 8.81. The van der Waals surface area contributed by atoms with Gasteiger partial charge in [-0.25, -0.2) is 0 Å². The van der Waals surface area contributed by atoms with Gasteiger partial charge in [0.15, 0.2) is 0 Å². The number of hydrogen-bond donors (Lipinski definition) is 2. The first-order chi connectivity index (χ1) is 8.67. The van der Waals surface area contributed by atoms with Crippen molar-refractivity contribution >= 4 is 0 Å². The van der Waals surface area contributed by atoms with Gasteiger partial charge in [-0.1, -0.05) is 26.0 Å². The van der Waals surface area contributed by atoms with Crippen molar-refractivity contribution in [2.24, 2.45) is 11.7 Å². The van der Waals surface area contributed by atoms with Crippen molar-refractivity contribution in [2.75, 3.05) is 19.7 Å². The fourth-order valence-electron chi connectivity index (χ4n) is 2.00. The van der Waals surface area contributed by atoms with Crippen molar-refractivity contribution in [1.29, 1.82) is 0 Å². The first kappa shape index (κ1) is 15.0. The van der Waals surface area contributed by atoms with Gasteiger partial charge in [0, 0.05) is 19.1 Å². The van der Waals surface area contributed by atoms with Crippen LogP contribution >= 0.6 is 0 Å². The van der Waals surface area contributed by atoms with Crippen LogP contribution < -0.4 is 15.8 Å². The molecule has 0 saturated heterocycles. The Bertz CT molecular complexity index is 339. The van der Waals surface area contributed by atoms with Gasteiger partial charge in [-0.05, 0) is 37.0 Å². The lowest BCUT2D eigenvalue weighted by Gasteiger charge is -2.22. The summed E-state index contributed by atoms with van der Waals surface area (Å²) in [4.78, 5) is 0. The third kappa shape index (κ3) is 5.07. The fourth-order valence-corrected chi connectivity index (χ4v) is 2.00. The summed E-state index contributed by atoms with van der Waals surface area (Å²) < 4.78 is 5.53. The van der Waals surface area contributed by atoms with E-state index in [1.807, 2.05) is 13.0 Å². The van der Waals surface area contributed by atoms with Crippen molar-refractivity contribution in [1.82, 2.24) is 5.32 Å². The van der Waals surface area contributed by atoms with E-state index in [9.17, 15) is 0 Å². The van der Waals surface area contributed by atoms with Crippen molar-refractivity contribution < 1.29 is 4.74 Å². The number of nitrogens with two attached hydrogens (primary N) is 1. The molecule has 0 aliphatic heterocycles. The molecule has 3 N–H and O–H groups in total. The van der Waals surface area contributed by atoms with Crippen molar-refractivity contribution in [3.05, 3.63) is 29.8 Å². The maximum atomic E-state index is 5.55. The molecule has 0 aromatic heterocycles. The van der Waals surface area contributed by atoms with Crippen LogP contribution in [-0.4, -0.2) is 25.7 Å². The number of ether oxygens (including phenoxy) is 1. The Hall–Kier alpha value is -1.06. The van der Waals surface area contributed by atoms with Gasteiger partial charge in [-0.15, -0.1) is 0 Å². The Morgan fingerprint density at radius 1 is 1.33 bits per heavy atom. The average molecular weight is 250 g/mol. The molecule has 0 aliphatic carbocycles. The summed E-state index contributed by atoms with van der Waals surface area (Å²) in [6.45, 7) is 8.74. The van der Waals surface area contributed by atoms with E-state index in [4.69, 9.17) is 10.5 Å². The van der Waals surface area contributed by atoms with Gasteiger partial charge in [0.2, 0.25) is 0 Å². The molecule has 1 aromatic rings. The van der Waals surface area contributed by atoms with Gasteiger partial charge in [-0.2, -0.15) is 0 Å². The standard InChI is InChI=1S/C15H26N2O/c1-4-18-14-7-5-6-13(10-14)11-15(12(2)3)17-9-8-16/h5-7,10,12,15,17H,4,8-9,11,16H2,1-3H3. The Kier molecular flexibility index (Phi) is 6.76. The molecule has 1 atom stereocenters. The van der Waals surface area contributed by atoms with E-state index in [-0.39, 0.29) is 0 Å². The summed E-state index contributed by atoms with van der Waals surface area (Å²) >= 11 is 0. The third-order valence-electron chi connectivity index (χ3n) is 3.02. The molecule has 0 amide bonds. The van der Waals surface area contributed by atoms with Crippen molar-refractivity contribution in [3.8, 4) is 5.75 Å². The summed E-state index contributed by atoms with van der Waals surface area (Å²) in [5.74, 6) is 1.55. The summed E-state index contributed by atoms with van der Waals surface area (Å²) in [7, 11) is 0. The molecule has 0 aliphatic rings. The Morgan fingerprint density at radius 2 is 2.11 bits per heavy atom. The van der Waals surface area contributed by atoms with Gasteiger partial charge in [0.05, 0.1) is 6.61 Å². The number of rotatable bonds is 8. The van der Waals surface area contributed by atoms with E-state index in [1.165, 1.54) is 5.56 Å². The molecule has 18 heavy (non-hydrogen) atoms. The lowest BCUT2D eigenvalue weighted by molar-refractivity contribution is 0.339. The van der Waals surface area contributed by atoms with Crippen LogP contribution in [0, 0.1) is 5.92 Å². The minimum absolute atomic E-state index is 0.463. The van der Waals surface area contributed by atoms with Crippen LogP contribution in [0.15, 0.2) is 24.3 Å². The average Bonchev–Trinajstić information content (AvgIpc) is 2.35. The Balaban J connectivity index is 2.64. The molecular formula is C15H26N2O. The van der Waals surface area contributed by atoms with Crippen LogP contribution in [0.25, 0.3) is 0 Å². The second-order valence-corrected chi connectivity index (χ2v) is 4.88. The predicted octanol–water partition coefficient (Wildman–Crippen LogP) is 2.20. The maximum Gasteiger partial charge on any atom is 0.119 e. The minimum atomic E-state index is 0.463. The van der Waals surface area contributed by atoms with Crippen molar-refractivity contribution in [3.63, 3.8) is 0 Å². The summed E-state index contributed by atoms with van der Waals surface area (Å²) in [5, 5.41) is 3.50. The van der Waals surface area contributed by atoms with Crippen LogP contribution in [0.3, 0.4) is 0 Å². The van der Waals surface area contributed by atoms with Gasteiger partial charge < -0.3 is 15.8 Å². The van der Waals surface area contributed by atoms with Gasteiger partial charge in [0.25, 0.3) is 0 Å². The van der Waals surface area contributed by atoms with Crippen LogP contribution in [0.4, 0.5) is 0 Å². The zero-order valence-corrected chi connectivity index (χ0v) is 11.8. The fraction of sp³-hybridized carbons (Fsp3) is 0.600. The second-order valence-electron chi connectivity index (χ2n) is 4.88. The van der Waals surface area contributed by atoms with E-state index in [2.05, 4.69) is 37.4 Å². The van der Waals surface area contributed by atoms with Crippen molar-refractivity contribution in [2.45, 2.75) is 33.2 Å². The molecule has 1 rings (SSSR count). The van der Waals surface area contributed by atoms with Crippen LogP contribution in [0.1, 0.15) is 26.3 Å². The lowest BCUT2D eigenvalue weighted by atomic mass is 9.96. The van der Waals surface area contributed by atoms with E-state index in [0.717, 1.165) is 18.7 Å². The third-order valence-corrected chi connectivity index (χ3v) is 3.02. The molecule has 1 unspecified atom stereocenters. The largest absolute Gasteiger partial charge is 0.494 e. The molecule has 0 spiro atoms. The zero-order chi connectivity index (χ0) is 13.4. The Labute approximate surface area is 111 Å². The first-order valence-corrected chi connectivity index (χ1v) is 6.82. The second kappa shape index (κ2) is 8.11. The molecule has 3 nitrogen and oxygen atoms in total. The topological polar surface area (TPSA) is 47.3 Å². The summed E-state index contributed by atoms with van der Waals surface area (Å²) in [6.07, 6.45) is 1.01. The normalized spacial score (nSPS) is 12.7. The smallest absolute Gasteiger partial charge is 0.119 e. The van der Waals surface area contributed by atoms with Gasteiger partial charge in [-0.3, -0.25) is 0 Å². The predicted molar refractivity (Wildman–Crippen MR) is 77.0 cm³/mol. The monoisotopic (exact) mass is 250 g/mol. The molecule has 0 fully saturated rings. The van der Waals surface area contributed by atoms with Crippen LogP contribution in [0.5, 0.6) is 5.75 Å².